The van der Waals surface area contributed by atoms with Crippen LogP contribution in [0.25, 0.3) is 0 Å². The van der Waals surface area contributed by atoms with Crippen LogP contribution < -0.4 is 0 Å². The summed E-state index contributed by atoms with van der Waals surface area (Å²) in [6.07, 6.45) is 4.49. The molecule has 1 saturated carbocycles. The Bertz CT molecular complexity index is 652. The van der Waals surface area contributed by atoms with Crippen LogP contribution in [0.1, 0.15) is 40.3 Å². The number of benzene rings is 1. The molecule has 1 amide bonds. The standard InChI is InChI=1S/C17H18N2OS/c20-17(19-10-13-6-7-14(19)8-13)15-11-21-16(18-15)9-12-4-2-1-3-5-12/h1-5,11,13-14H,6-10H2/t13-,14-/m0/s1. The van der Waals surface area contributed by atoms with Gasteiger partial charge in [0.1, 0.15) is 5.69 Å². The van der Waals surface area contributed by atoms with Gasteiger partial charge in [0.25, 0.3) is 5.91 Å². The van der Waals surface area contributed by atoms with Crippen molar-refractivity contribution in [1.82, 2.24) is 9.88 Å². The summed E-state index contributed by atoms with van der Waals surface area (Å²) in [4.78, 5) is 19.2. The van der Waals surface area contributed by atoms with E-state index in [2.05, 4.69) is 22.0 Å². The lowest BCUT2D eigenvalue weighted by molar-refractivity contribution is 0.0698. The maximum atomic E-state index is 12.6. The van der Waals surface area contributed by atoms with Crippen molar-refractivity contribution in [3.8, 4) is 0 Å². The molecule has 1 saturated heterocycles. The van der Waals surface area contributed by atoms with Crippen LogP contribution in [0, 0.1) is 5.92 Å². The van der Waals surface area contributed by atoms with Crippen molar-refractivity contribution >= 4 is 17.2 Å². The Morgan fingerprint density at radius 3 is 2.86 bits per heavy atom. The first kappa shape index (κ1) is 13.0. The van der Waals surface area contributed by atoms with E-state index in [9.17, 15) is 4.79 Å². The number of carbonyl (C=O) groups excluding carboxylic acids is 1. The Kier molecular flexibility index (Phi) is 3.26. The van der Waals surface area contributed by atoms with Gasteiger partial charge >= 0.3 is 0 Å². The number of aromatic nitrogens is 1. The summed E-state index contributed by atoms with van der Waals surface area (Å²) in [5.41, 5.74) is 1.88. The second kappa shape index (κ2) is 5.26. The number of fused-ring (bicyclic) bond motifs is 2. The highest BCUT2D eigenvalue weighted by atomic mass is 32.1. The van der Waals surface area contributed by atoms with Gasteiger partial charge < -0.3 is 4.90 Å². The second-order valence-corrected chi connectivity index (χ2v) is 7.02. The number of hydrogen-bond donors (Lipinski definition) is 0. The van der Waals surface area contributed by atoms with E-state index in [1.807, 2.05) is 23.6 Å². The molecule has 0 unspecified atom stereocenters. The summed E-state index contributed by atoms with van der Waals surface area (Å²) in [6.45, 7) is 0.940. The minimum Gasteiger partial charge on any atom is -0.334 e. The summed E-state index contributed by atoms with van der Waals surface area (Å²) in [5.74, 6) is 0.874. The summed E-state index contributed by atoms with van der Waals surface area (Å²) < 4.78 is 0. The molecular formula is C17H18N2OS. The average molecular weight is 298 g/mol. The van der Waals surface area contributed by atoms with Gasteiger partial charge in [-0.1, -0.05) is 30.3 Å². The quantitative estimate of drug-likeness (QED) is 0.870. The van der Waals surface area contributed by atoms with Crippen molar-refractivity contribution in [3.63, 3.8) is 0 Å². The third-order valence-electron chi connectivity index (χ3n) is 4.64. The highest BCUT2D eigenvalue weighted by molar-refractivity contribution is 7.09. The van der Waals surface area contributed by atoms with E-state index in [0.717, 1.165) is 23.9 Å². The molecule has 2 aromatic rings. The molecule has 2 aliphatic rings. The SMILES string of the molecule is O=C(c1csc(Cc2ccccc2)n1)N1C[C@H]2CC[C@H]1C2. The van der Waals surface area contributed by atoms with Crippen LogP contribution in [0.2, 0.25) is 0 Å². The summed E-state index contributed by atoms with van der Waals surface area (Å²) in [7, 11) is 0. The molecule has 1 aliphatic heterocycles. The van der Waals surface area contributed by atoms with Gasteiger partial charge in [-0.3, -0.25) is 4.79 Å². The molecule has 3 nitrogen and oxygen atoms in total. The number of carbonyl (C=O) groups is 1. The van der Waals surface area contributed by atoms with E-state index >= 15 is 0 Å². The van der Waals surface area contributed by atoms with Crippen LogP contribution in [0.15, 0.2) is 35.7 Å². The molecule has 1 aromatic carbocycles. The number of hydrogen-bond acceptors (Lipinski definition) is 3. The molecule has 4 rings (SSSR count). The molecule has 0 radical (unpaired) electrons. The summed E-state index contributed by atoms with van der Waals surface area (Å²) in [6, 6.07) is 10.8. The molecule has 4 heteroatoms. The largest absolute Gasteiger partial charge is 0.334 e. The van der Waals surface area contributed by atoms with E-state index in [1.54, 1.807) is 11.3 Å². The topological polar surface area (TPSA) is 33.2 Å². The Labute approximate surface area is 128 Å². The lowest BCUT2D eigenvalue weighted by atomic mass is 10.1. The van der Waals surface area contributed by atoms with E-state index in [-0.39, 0.29) is 5.91 Å². The molecule has 21 heavy (non-hydrogen) atoms. The maximum Gasteiger partial charge on any atom is 0.273 e. The van der Waals surface area contributed by atoms with Gasteiger partial charge in [0.15, 0.2) is 0 Å². The fraction of sp³-hybridized carbons (Fsp3) is 0.412. The normalized spacial score (nSPS) is 23.7. The lowest BCUT2D eigenvalue weighted by Crippen LogP contribution is -2.37. The first-order valence-electron chi connectivity index (χ1n) is 7.59. The number of nitrogens with zero attached hydrogens (tertiary/aromatic N) is 2. The summed E-state index contributed by atoms with van der Waals surface area (Å²) >= 11 is 1.59. The van der Waals surface area contributed by atoms with Crippen molar-refractivity contribution in [3.05, 3.63) is 52.0 Å². The maximum absolute atomic E-state index is 12.6. The Hall–Kier alpha value is -1.68. The number of thiazole rings is 1. The zero-order valence-electron chi connectivity index (χ0n) is 11.9. The fourth-order valence-corrected chi connectivity index (χ4v) is 4.38. The number of amides is 1. The van der Waals surface area contributed by atoms with E-state index in [1.165, 1.54) is 24.8 Å². The van der Waals surface area contributed by atoms with Gasteiger partial charge in [-0.2, -0.15) is 0 Å². The lowest BCUT2D eigenvalue weighted by Gasteiger charge is -2.26. The van der Waals surface area contributed by atoms with Crippen LogP contribution in [-0.4, -0.2) is 28.4 Å². The van der Waals surface area contributed by atoms with Crippen LogP contribution in [0.5, 0.6) is 0 Å². The third kappa shape index (κ3) is 2.48. The first-order chi connectivity index (χ1) is 10.3. The Morgan fingerprint density at radius 1 is 1.29 bits per heavy atom. The zero-order valence-corrected chi connectivity index (χ0v) is 12.7. The van der Waals surface area contributed by atoms with Gasteiger partial charge in [-0.05, 0) is 30.7 Å². The Morgan fingerprint density at radius 2 is 2.14 bits per heavy atom. The monoisotopic (exact) mass is 298 g/mol. The average Bonchev–Trinajstić information content (AvgIpc) is 3.24. The molecule has 0 spiro atoms. The van der Waals surface area contributed by atoms with Gasteiger partial charge in [0, 0.05) is 24.4 Å². The highest BCUT2D eigenvalue weighted by Gasteiger charge is 2.40. The molecule has 1 aromatic heterocycles. The van der Waals surface area contributed by atoms with Crippen LogP contribution in [0.4, 0.5) is 0 Å². The predicted octanol–water partition coefficient (Wildman–Crippen LogP) is 3.36. The highest BCUT2D eigenvalue weighted by Crippen LogP contribution is 2.38. The van der Waals surface area contributed by atoms with Gasteiger partial charge in [-0.25, -0.2) is 4.98 Å². The third-order valence-corrected chi connectivity index (χ3v) is 5.49. The van der Waals surface area contributed by atoms with Crippen LogP contribution in [-0.2, 0) is 6.42 Å². The van der Waals surface area contributed by atoms with Gasteiger partial charge in [-0.15, -0.1) is 11.3 Å². The Balaban J connectivity index is 1.48. The van der Waals surface area contributed by atoms with E-state index in [4.69, 9.17) is 0 Å². The predicted molar refractivity (Wildman–Crippen MR) is 83.5 cm³/mol. The van der Waals surface area contributed by atoms with E-state index in [0.29, 0.717) is 11.7 Å². The summed E-state index contributed by atoms with van der Waals surface area (Å²) in [5, 5.41) is 2.95. The number of piperidine rings is 1. The number of rotatable bonds is 3. The minimum absolute atomic E-state index is 0.137. The fourth-order valence-electron chi connectivity index (χ4n) is 3.58. The molecule has 0 N–H and O–H groups in total. The minimum atomic E-state index is 0.137. The molecular weight excluding hydrogens is 280 g/mol. The molecule has 2 heterocycles. The molecule has 1 aliphatic carbocycles. The van der Waals surface area contributed by atoms with Gasteiger partial charge in [0.2, 0.25) is 0 Å². The molecule has 2 fully saturated rings. The van der Waals surface area contributed by atoms with Crippen molar-refractivity contribution in [1.29, 1.82) is 0 Å². The van der Waals surface area contributed by atoms with Crippen molar-refractivity contribution in [2.45, 2.75) is 31.7 Å². The van der Waals surface area contributed by atoms with E-state index < -0.39 is 0 Å². The van der Waals surface area contributed by atoms with Crippen LogP contribution in [0.3, 0.4) is 0 Å². The molecule has 2 bridgehead atoms. The zero-order chi connectivity index (χ0) is 14.2. The van der Waals surface area contributed by atoms with Crippen LogP contribution >= 0.6 is 11.3 Å². The molecule has 2 atom stereocenters. The molecule has 108 valence electrons. The van der Waals surface area contributed by atoms with Gasteiger partial charge in [0.05, 0.1) is 5.01 Å². The number of likely N-dealkylation sites (tertiary alicyclic amines) is 1. The van der Waals surface area contributed by atoms with Crippen molar-refractivity contribution < 1.29 is 4.79 Å². The first-order valence-corrected chi connectivity index (χ1v) is 8.47. The smallest absolute Gasteiger partial charge is 0.273 e. The second-order valence-electron chi connectivity index (χ2n) is 6.08. The van der Waals surface area contributed by atoms with Crippen molar-refractivity contribution in [2.75, 3.05) is 6.54 Å². The van der Waals surface area contributed by atoms with Crippen molar-refractivity contribution in [2.24, 2.45) is 5.92 Å².